The van der Waals surface area contributed by atoms with Gasteiger partial charge in [0.15, 0.2) is 0 Å². The molecule has 1 aliphatic rings. The topological polar surface area (TPSA) is 58.8 Å². The quantitative estimate of drug-likeness (QED) is 0.531. The molecule has 0 N–H and O–H groups in total. The number of aryl methyl sites for hydroxylation is 1. The van der Waals surface area contributed by atoms with Crippen molar-refractivity contribution in [2.75, 3.05) is 34.3 Å². The third-order valence-electron chi connectivity index (χ3n) is 6.52. The second-order valence-electron chi connectivity index (χ2n) is 9.33. The van der Waals surface area contributed by atoms with Crippen molar-refractivity contribution in [3.8, 4) is 17.0 Å². The van der Waals surface area contributed by atoms with Gasteiger partial charge in [-0.1, -0.05) is 53.2 Å². The number of carbonyl (C=O) groups is 1. The van der Waals surface area contributed by atoms with Crippen LogP contribution < -0.4 is 4.74 Å². The summed E-state index contributed by atoms with van der Waals surface area (Å²) in [6.45, 7) is 4.43. The minimum atomic E-state index is -0.548. The number of nitrogens with zero attached hydrogens (tertiary/aromatic N) is 3. The van der Waals surface area contributed by atoms with Crippen LogP contribution in [0.25, 0.3) is 11.3 Å². The SMILES string of the molecule is COc1ccccc1CN1CCC[C@](Cc2cc(-c3ccc(C)cc3)no2)(C(=O)N(C)C)C1. The van der Waals surface area contributed by atoms with Crippen LogP contribution in [0.15, 0.2) is 59.1 Å². The molecule has 174 valence electrons. The van der Waals surface area contributed by atoms with Gasteiger partial charge in [-0.25, -0.2) is 0 Å². The summed E-state index contributed by atoms with van der Waals surface area (Å²) >= 11 is 0. The summed E-state index contributed by atoms with van der Waals surface area (Å²) < 4.78 is 11.3. The van der Waals surface area contributed by atoms with Crippen molar-refractivity contribution in [1.29, 1.82) is 0 Å². The van der Waals surface area contributed by atoms with Crippen LogP contribution in [-0.4, -0.2) is 55.2 Å². The van der Waals surface area contributed by atoms with Crippen LogP contribution in [0.2, 0.25) is 0 Å². The van der Waals surface area contributed by atoms with Crippen molar-refractivity contribution >= 4 is 5.91 Å². The number of rotatable bonds is 7. The Kier molecular flexibility index (Phi) is 6.84. The van der Waals surface area contributed by atoms with Gasteiger partial charge in [0.25, 0.3) is 0 Å². The number of hydrogen-bond acceptors (Lipinski definition) is 5. The minimum Gasteiger partial charge on any atom is -0.496 e. The average Bonchev–Trinajstić information content (AvgIpc) is 3.27. The Balaban J connectivity index is 1.57. The predicted octanol–water partition coefficient (Wildman–Crippen LogP) is 4.57. The number of para-hydroxylation sites is 1. The number of amides is 1. The maximum atomic E-state index is 13.5. The van der Waals surface area contributed by atoms with Crippen molar-refractivity contribution in [1.82, 2.24) is 15.0 Å². The maximum Gasteiger partial charge on any atom is 0.230 e. The molecule has 0 aliphatic carbocycles. The van der Waals surface area contributed by atoms with Crippen LogP contribution in [0.3, 0.4) is 0 Å². The molecular weight excluding hydrogens is 414 g/mol. The highest BCUT2D eigenvalue weighted by atomic mass is 16.5. The molecule has 0 radical (unpaired) electrons. The summed E-state index contributed by atoms with van der Waals surface area (Å²) in [6, 6.07) is 18.3. The first-order valence-electron chi connectivity index (χ1n) is 11.5. The Morgan fingerprint density at radius 3 is 2.67 bits per heavy atom. The second-order valence-corrected chi connectivity index (χ2v) is 9.33. The van der Waals surface area contributed by atoms with Crippen LogP contribution in [-0.2, 0) is 17.8 Å². The molecule has 1 saturated heterocycles. The highest BCUT2D eigenvalue weighted by Gasteiger charge is 2.44. The number of ether oxygens (including phenoxy) is 1. The summed E-state index contributed by atoms with van der Waals surface area (Å²) in [6.07, 6.45) is 2.31. The van der Waals surface area contributed by atoms with Gasteiger partial charge in [0, 0.05) is 50.8 Å². The van der Waals surface area contributed by atoms with Gasteiger partial charge in [0.05, 0.1) is 12.5 Å². The van der Waals surface area contributed by atoms with E-state index in [0.29, 0.717) is 13.0 Å². The first kappa shape index (κ1) is 23.1. The van der Waals surface area contributed by atoms with E-state index in [4.69, 9.17) is 9.26 Å². The van der Waals surface area contributed by atoms with Gasteiger partial charge in [0.2, 0.25) is 5.91 Å². The van der Waals surface area contributed by atoms with Crippen LogP contribution in [0.4, 0.5) is 0 Å². The van der Waals surface area contributed by atoms with E-state index < -0.39 is 5.41 Å². The molecule has 6 nitrogen and oxygen atoms in total. The zero-order valence-electron chi connectivity index (χ0n) is 20.0. The average molecular weight is 448 g/mol. The zero-order valence-corrected chi connectivity index (χ0v) is 20.0. The van der Waals surface area contributed by atoms with Crippen molar-refractivity contribution in [3.05, 3.63) is 71.5 Å². The van der Waals surface area contributed by atoms with E-state index >= 15 is 0 Å². The summed E-state index contributed by atoms with van der Waals surface area (Å²) in [5.41, 5.74) is 3.61. The van der Waals surface area contributed by atoms with Crippen molar-refractivity contribution in [2.24, 2.45) is 5.41 Å². The number of carbonyl (C=O) groups excluding carboxylic acids is 1. The van der Waals surface area contributed by atoms with Gasteiger partial charge in [-0.15, -0.1) is 0 Å². The van der Waals surface area contributed by atoms with E-state index in [1.54, 1.807) is 12.0 Å². The number of likely N-dealkylation sites (tertiary alicyclic amines) is 1. The van der Waals surface area contributed by atoms with Gasteiger partial charge in [-0.05, 0) is 32.4 Å². The van der Waals surface area contributed by atoms with Crippen LogP contribution in [0.1, 0.15) is 29.7 Å². The lowest BCUT2D eigenvalue weighted by atomic mass is 9.75. The molecule has 2 heterocycles. The van der Waals surface area contributed by atoms with Crippen LogP contribution >= 0.6 is 0 Å². The molecule has 4 rings (SSSR count). The van der Waals surface area contributed by atoms with Crippen molar-refractivity contribution in [2.45, 2.75) is 32.7 Å². The largest absolute Gasteiger partial charge is 0.496 e. The van der Waals surface area contributed by atoms with Crippen molar-refractivity contribution < 1.29 is 14.1 Å². The fourth-order valence-electron chi connectivity index (χ4n) is 4.90. The van der Waals surface area contributed by atoms with E-state index in [1.165, 1.54) is 5.56 Å². The molecule has 0 spiro atoms. The lowest BCUT2D eigenvalue weighted by molar-refractivity contribution is -0.143. The summed E-state index contributed by atoms with van der Waals surface area (Å²) in [4.78, 5) is 17.5. The first-order valence-corrected chi connectivity index (χ1v) is 11.5. The lowest BCUT2D eigenvalue weighted by Gasteiger charge is -2.42. The van der Waals surface area contributed by atoms with Gasteiger partial charge in [-0.2, -0.15) is 0 Å². The fourth-order valence-corrected chi connectivity index (χ4v) is 4.90. The maximum absolute atomic E-state index is 13.5. The molecule has 3 aromatic rings. The van der Waals surface area contributed by atoms with Crippen LogP contribution in [0.5, 0.6) is 5.75 Å². The fraction of sp³-hybridized carbons (Fsp3) is 0.407. The lowest BCUT2D eigenvalue weighted by Crippen LogP contribution is -2.52. The molecule has 0 bridgehead atoms. The number of methoxy groups -OCH3 is 1. The monoisotopic (exact) mass is 447 g/mol. The molecular formula is C27H33N3O3. The highest BCUT2D eigenvalue weighted by molar-refractivity contribution is 5.83. The molecule has 2 aromatic carbocycles. The van der Waals surface area contributed by atoms with Gasteiger partial charge in [0.1, 0.15) is 17.2 Å². The molecule has 1 fully saturated rings. The first-order chi connectivity index (χ1) is 15.9. The number of hydrogen-bond donors (Lipinski definition) is 0. The smallest absolute Gasteiger partial charge is 0.230 e. The Morgan fingerprint density at radius 2 is 1.94 bits per heavy atom. The normalized spacial score (nSPS) is 18.8. The Morgan fingerprint density at radius 1 is 1.18 bits per heavy atom. The van der Waals surface area contributed by atoms with Gasteiger partial charge < -0.3 is 14.2 Å². The third-order valence-corrected chi connectivity index (χ3v) is 6.52. The Labute approximate surface area is 196 Å². The predicted molar refractivity (Wildman–Crippen MR) is 129 cm³/mol. The standard InChI is InChI=1S/C27H33N3O3/c1-20-10-12-21(13-11-20)24-16-23(33-28-24)17-27(26(31)29(2)3)14-7-15-30(19-27)18-22-8-5-6-9-25(22)32-4/h5-6,8-13,16H,7,14-15,17-19H2,1-4H3/t27-/m1/s1. The number of benzene rings is 2. The second kappa shape index (κ2) is 9.79. The molecule has 1 aromatic heterocycles. The molecule has 6 heteroatoms. The third kappa shape index (κ3) is 5.11. The van der Waals surface area contributed by atoms with E-state index in [2.05, 4.69) is 35.2 Å². The molecule has 0 unspecified atom stereocenters. The van der Waals surface area contributed by atoms with Gasteiger partial charge in [-0.3, -0.25) is 9.69 Å². The Hall–Kier alpha value is -3.12. The minimum absolute atomic E-state index is 0.139. The Bertz CT molecular complexity index is 1090. The molecule has 1 aliphatic heterocycles. The van der Waals surface area contributed by atoms with Gasteiger partial charge >= 0.3 is 0 Å². The molecule has 1 amide bonds. The van der Waals surface area contributed by atoms with Crippen LogP contribution in [0, 0.1) is 12.3 Å². The van der Waals surface area contributed by atoms with E-state index in [-0.39, 0.29) is 5.91 Å². The number of aromatic nitrogens is 1. The highest BCUT2D eigenvalue weighted by Crippen LogP contribution is 2.37. The molecule has 1 atom stereocenters. The summed E-state index contributed by atoms with van der Waals surface area (Å²) in [7, 11) is 5.37. The van der Waals surface area contributed by atoms with E-state index in [0.717, 1.165) is 54.3 Å². The number of piperidine rings is 1. The van der Waals surface area contributed by atoms with Crippen molar-refractivity contribution in [3.63, 3.8) is 0 Å². The van der Waals surface area contributed by atoms with E-state index in [9.17, 15) is 4.79 Å². The zero-order chi connectivity index (χ0) is 23.4. The van der Waals surface area contributed by atoms with E-state index in [1.807, 2.05) is 50.5 Å². The summed E-state index contributed by atoms with van der Waals surface area (Å²) in [5.74, 6) is 1.77. The summed E-state index contributed by atoms with van der Waals surface area (Å²) in [5, 5.41) is 4.30. The molecule has 33 heavy (non-hydrogen) atoms. The molecule has 0 saturated carbocycles.